The Labute approximate surface area is 625 Å². The number of nitrogens with zero attached hydrogens (tertiary/aromatic N) is 11. The van der Waals surface area contributed by atoms with Gasteiger partial charge in [-0.25, -0.2) is 19.6 Å². The van der Waals surface area contributed by atoms with Gasteiger partial charge >= 0.3 is 35.9 Å². The highest BCUT2D eigenvalue weighted by Crippen LogP contribution is 2.31. The van der Waals surface area contributed by atoms with Crippen LogP contribution in [0.25, 0.3) is 67.5 Å². The Morgan fingerprint density at radius 1 is 0.425 bits per heavy atom. The van der Waals surface area contributed by atoms with Gasteiger partial charge in [-0.2, -0.15) is 19.6 Å². The number of hydrogen-bond donors (Lipinski definition) is 1. The minimum absolute atomic E-state index is 0.0158. The second-order valence-electron chi connectivity index (χ2n) is 30.5. The van der Waals surface area contributed by atoms with Crippen molar-refractivity contribution in [2.24, 2.45) is 16.2 Å². The summed E-state index contributed by atoms with van der Waals surface area (Å²) in [6.45, 7) is 38.8. The van der Waals surface area contributed by atoms with Crippen molar-refractivity contribution >= 4 is 34.1 Å². The van der Waals surface area contributed by atoms with Crippen molar-refractivity contribution in [2.75, 3.05) is 54.4 Å². The molecule has 0 atom stereocenters. The highest BCUT2D eigenvalue weighted by atomic mass is 28.3. The Balaban J connectivity index is 0.000000224. The Hall–Kier alpha value is -9.91. The smallest absolute Gasteiger partial charge is 0.336 e. The summed E-state index contributed by atoms with van der Waals surface area (Å²) in [4.78, 5) is 62.1. The van der Waals surface area contributed by atoms with Crippen molar-refractivity contribution in [3.8, 4) is 103 Å². The van der Waals surface area contributed by atoms with Crippen molar-refractivity contribution in [2.45, 2.75) is 166 Å². The molecule has 28 heteroatoms. The zero-order valence-corrected chi connectivity index (χ0v) is 67.4. The third-order valence-electron chi connectivity index (χ3n) is 15.8. The second kappa shape index (κ2) is 37.9. The number of hydrogen-bond acceptors (Lipinski definition) is 23. The van der Waals surface area contributed by atoms with E-state index >= 15 is 0 Å². The summed E-state index contributed by atoms with van der Waals surface area (Å²) >= 11 is 0. The molecule has 0 fully saturated rings. The summed E-state index contributed by atoms with van der Waals surface area (Å²) in [6, 6.07) is 38.3. The van der Waals surface area contributed by atoms with Crippen molar-refractivity contribution in [1.29, 1.82) is 0 Å². The molecule has 6 aromatic heterocycles. The molecular weight excluding hydrogens is 1390 g/mol. The largest absolute Gasteiger partial charge is 0.476 e. The van der Waals surface area contributed by atoms with E-state index in [-0.39, 0.29) is 56.0 Å². The predicted molar refractivity (Wildman–Crippen MR) is 412 cm³/mol. The molecule has 9 aromatic rings. The average Bonchev–Trinajstić information content (AvgIpc) is 1.63. The van der Waals surface area contributed by atoms with E-state index in [9.17, 15) is 14.4 Å². The molecular formula is C78H106N12O14Si2. The fourth-order valence-corrected chi connectivity index (χ4v) is 11.1. The van der Waals surface area contributed by atoms with Crippen LogP contribution in [0.1, 0.15) is 83.1 Å². The van der Waals surface area contributed by atoms with Crippen LogP contribution in [0.15, 0.2) is 128 Å². The van der Waals surface area contributed by atoms with Gasteiger partial charge in [0.05, 0.1) is 55.9 Å². The maximum absolute atomic E-state index is 11.8. The third kappa shape index (κ3) is 26.0. The lowest BCUT2D eigenvalue weighted by Crippen LogP contribution is -2.32. The molecule has 0 spiro atoms. The highest BCUT2D eigenvalue weighted by Gasteiger charge is 2.32. The Kier molecular flexibility index (Phi) is 29.8. The molecule has 106 heavy (non-hydrogen) atoms. The molecule has 0 unspecified atom stereocenters. The number of benzene rings is 3. The monoisotopic (exact) mass is 1490 g/mol. The molecule has 9 rings (SSSR count). The summed E-state index contributed by atoms with van der Waals surface area (Å²) in [7, 11) is 1.76. The number of aromatic amines is 1. The van der Waals surface area contributed by atoms with Crippen molar-refractivity contribution in [1.82, 2.24) is 59.7 Å². The quantitative estimate of drug-likeness (QED) is 0.0170. The van der Waals surface area contributed by atoms with Crippen LogP contribution in [0, 0.1) is 16.2 Å². The SMILES string of the molecule is COC(=O)C(C)(C)COc1ccc(-c2ccc(-c3nc(OC(C)C)n(COCC[Si](C)(C)C)n3)cc2)cn1.COC(=O)C(C)(C)COc1ccc(-c2ccc(-c3nc(OC(C)C)n[nH]3)cc2)cn1.COC(=O)C(C)(C)COc1ccc(-c2ccc(-c3nc(OC(C)C)nn3COCC[Si](C)(C)C)cc2)cn1. The Morgan fingerprint density at radius 3 is 1.15 bits per heavy atom. The first kappa shape index (κ1) is 83.4. The summed E-state index contributed by atoms with van der Waals surface area (Å²) in [5.41, 5.74) is 6.26. The van der Waals surface area contributed by atoms with Gasteiger partial charge in [0.25, 0.3) is 0 Å². The second-order valence-corrected chi connectivity index (χ2v) is 41.7. The van der Waals surface area contributed by atoms with E-state index in [4.69, 9.17) is 52.1 Å². The molecule has 570 valence electrons. The molecule has 3 aromatic carbocycles. The molecule has 0 aliphatic rings. The molecule has 0 bridgehead atoms. The zero-order chi connectivity index (χ0) is 77.6. The van der Waals surface area contributed by atoms with E-state index < -0.39 is 32.4 Å². The molecule has 0 saturated heterocycles. The number of rotatable bonds is 34. The van der Waals surface area contributed by atoms with Gasteiger partial charge in [0, 0.05) is 99.5 Å². The van der Waals surface area contributed by atoms with Crippen molar-refractivity contribution in [3.05, 3.63) is 128 Å². The number of carbonyl (C=O) groups excluding carboxylic acids is 3. The number of H-pyrrole nitrogens is 1. The van der Waals surface area contributed by atoms with E-state index in [1.54, 1.807) is 87.7 Å². The summed E-state index contributed by atoms with van der Waals surface area (Å²) in [6.07, 6.45) is 5.19. The highest BCUT2D eigenvalue weighted by molar-refractivity contribution is 6.76. The van der Waals surface area contributed by atoms with E-state index in [1.807, 2.05) is 133 Å². The van der Waals surface area contributed by atoms with Crippen LogP contribution >= 0.6 is 0 Å². The van der Waals surface area contributed by atoms with Gasteiger partial charge in [0.2, 0.25) is 17.6 Å². The minimum atomic E-state index is -1.18. The summed E-state index contributed by atoms with van der Waals surface area (Å²) < 4.78 is 63.8. The van der Waals surface area contributed by atoms with E-state index in [0.717, 1.165) is 62.2 Å². The van der Waals surface area contributed by atoms with Crippen LogP contribution in [-0.2, 0) is 51.5 Å². The predicted octanol–water partition coefficient (Wildman–Crippen LogP) is 15.3. The standard InChI is InChI=1S/2C28H40N4O5Si.C22H26N4O4/c1-20(2)37-27-30-25(32(31-27)19-35-15-16-38(6,7)8)22-11-9-21(10-12-22)23-13-14-24(29-17-23)36-18-28(3,4)26(33)34-5;1-20(2)37-27-30-25(31-32(27)19-35-15-16-38(6,7)8)22-11-9-21(10-12-22)23-13-14-24(29-17-23)36-18-28(3,4)26(33)34-5;1-14(2)30-21-24-19(25-26-21)16-8-6-15(7-9-16)17-10-11-18(23-12-17)29-13-22(3,4)20(27)28-5/h2*9-14,17,20H,15-16,18-19H2,1-8H3;6-12,14H,13H2,1-5H3,(H,24,25,26). The van der Waals surface area contributed by atoms with E-state index in [0.29, 0.717) is 79.8 Å². The zero-order valence-electron chi connectivity index (χ0n) is 65.4. The number of esters is 3. The number of ether oxygens (including phenoxy) is 11. The number of nitrogens with one attached hydrogen (secondary N) is 1. The van der Waals surface area contributed by atoms with Gasteiger partial charge in [-0.1, -0.05) is 112 Å². The topological polar surface area (TPSA) is 294 Å². The lowest BCUT2D eigenvalue weighted by Gasteiger charge is -2.21. The molecule has 6 heterocycles. The first-order valence-electron chi connectivity index (χ1n) is 35.4. The normalized spacial score (nSPS) is 11.8. The Morgan fingerprint density at radius 2 is 0.783 bits per heavy atom. The van der Waals surface area contributed by atoms with Gasteiger partial charge in [0.1, 0.15) is 33.3 Å². The minimum Gasteiger partial charge on any atom is -0.476 e. The fraction of sp³-hybridized carbons (Fsp3) is 0.462. The van der Waals surface area contributed by atoms with Crippen LogP contribution in [0.2, 0.25) is 51.4 Å². The third-order valence-corrected chi connectivity index (χ3v) is 19.2. The molecule has 26 nitrogen and oxygen atoms in total. The number of carbonyl (C=O) groups is 3. The van der Waals surface area contributed by atoms with Crippen molar-refractivity contribution in [3.63, 3.8) is 0 Å². The van der Waals surface area contributed by atoms with Crippen LogP contribution in [0.3, 0.4) is 0 Å². The molecule has 1 N–H and O–H groups in total. The maximum Gasteiger partial charge on any atom is 0.336 e. The van der Waals surface area contributed by atoms with Crippen LogP contribution < -0.4 is 28.4 Å². The first-order valence-corrected chi connectivity index (χ1v) is 42.8. The Bertz CT molecular complexity index is 4210. The van der Waals surface area contributed by atoms with E-state index in [2.05, 4.69) is 89.6 Å². The summed E-state index contributed by atoms with van der Waals surface area (Å²) in [5, 5.41) is 16.1. The van der Waals surface area contributed by atoms with Crippen molar-refractivity contribution < 1.29 is 66.5 Å². The van der Waals surface area contributed by atoms with Crippen LogP contribution in [0.5, 0.6) is 35.7 Å². The number of pyridine rings is 3. The van der Waals surface area contributed by atoms with Gasteiger partial charge in [-0.15, -0.1) is 15.3 Å². The van der Waals surface area contributed by atoms with Gasteiger partial charge in [0.15, 0.2) is 17.5 Å². The summed E-state index contributed by atoms with van der Waals surface area (Å²) in [5.74, 6) is 2.28. The van der Waals surface area contributed by atoms with Crippen LogP contribution in [0.4, 0.5) is 0 Å². The van der Waals surface area contributed by atoms with Crippen LogP contribution in [-0.4, -0.2) is 166 Å². The maximum atomic E-state index is 11.8. The lowest BCUT2D eigenvalue weighted by molar-refractivity contribution is -0.153. The molecule has 0 aliphatic heterocycles. The van der Waals surface area contributed by atoms with Gasteiger partial charge < -0.3 is 52.1 Å². The number of aromatic nitrogens is 12. The van der Waals surface area contributed by atoms with E-state index in [1.165, 1.54) is 21.3 Å². The average molecular weight is 1490 g/mol. The molecule has 0 radical (unpaired) electrons. The molecule has 0 aliphatic carbocycles. The molecule has 0 amide bonds. The number of methoxy groups -OCH3 is 3. The lowest BCUT2D eigenvalue weighted by atomic mass is 9.95. The van der Waals surface area contributed by atoms with Gasteiger partial charge in [-0.05, 0) is 130 Å². The first-order chi connectivity index (χ1) is 50.0. The van der Waals surface area contributed by atoms with Gasteiger partial charge in [-0.3, -0.25) is 19.5 Å². The fourth-order valence-electron chi connectivity index (χ4n) is 9.54. The molecule has 0 saturated carbocycles.